The zero-order chi connectivity index (χ0) is 38.8. The summed E-state index contributed by atoms with van der Waals surface area (Å²) in [6.07, 6.45) is 7.55. The van der Waals surface area contributed by atoms with Crippen LogP contribution in [0.4, 0.5) is 0 Å². The van der Waals surface area contributed by atoms with E-state index in [1.807, 2.05) is 33.8 Å². The van der Waals surface area contributed by atoms with Gasteiger partial charge in [-0.15, -0.1) is 29.5 Å². The van der Waals surface area contributed by atoms with Gasteiger partial charge in [-0.1, -0.05) is 91.8 Å². The zero-order valence-electron chi connectivity index (χ0n) is 34.7. The van der Waals surface area contributed by atoms with Gasteiger partial charge in [0.25, 0.3) is 0 Å². The first-order valence-corrected chi connectivity index (χ1v) is 18.5. The van der Waals surface area contributed by atoms with Gasteiger partial charge in [0.15, 0.2) is 5.78 Å². The van der Waals surface area contributed by atoms with E-state index in [4.69, 9.17) is 9.10 Å². The number of hydrogen-bond acceptors (Lipinski definition) is 6. The molecular formula is C43H56IrN3O2S-. The summed E-state index contributed by atoms with van der Waals surface area (Å²) in [5.74, 6) is 0.547. The number of aliphatic hydroxyl groups is 1. The number of fused-ring (bicyclic) bond motifs is 4. The summed E-state index contributed by atoms with van der Waals surface area (Å²) in [6.45, 7) is 21.1. The Morgan fingerprint density at radius 2 is 1.62 bits per heavy atom. The van der Waals surface area contributed by atoms with Crippen LogP contribution in [-0.4, -0.2) is 25.8 Å². The third kappa shape index (κ3) is 9.66. The van der Waals surface area contributed by atoms with E-state index in [-0.39, 0.29) is 60.0 Å². The van der Waals surface area contributed by atoms with Gasteiger partial charge in [0.05, 0.1) is 11.3 Å². The van der Waals surface area contributed by atoms with Gasteiger partial charge in [-0.05, 0) is 80.0 Å². The Kier molecular flexibility index (Phi) is 12.5. The van der Waals surface area contributed by atoms with Gasteiger partial charge >= 0.3 is 0 Å². The maximum Gasteiger partial charge on any atom is 0.162 e. The van der Waals surface area contributed by atoms with Crippen LogP contribution in [0.3, 0.4) is 0 Å². The average molecular weight is 874 g/mol. The molecule has 5 nitrogen and oxygen atoms in total. The molecule has 0 aliphatic carbocycles. The summed E-state index contributed by atoms with van der Waals surface area (Å²) in [4.78, 5) is 25.7. The van der Waals surface area contributed by atoms with E-state index in [9.17, 15) is 9.90 Å². The number of aromatic nitrogens is 3. The number of ketones is 1. The molecule has 0 bridgehead atoms. The minimum absolute atomic E-state index is 0. The quantitative estimate of drug-likeness (QED) is 0.0907. The van der Waals surface area contributed by atoms with Gasteiger partial charge in [0.2, 0.25) is 0 Å². The van der Waals surface area contributed by atoms with Crippen molar-refractivity contribution in [3.8, 4) is 11.3 Å². The Morgan fingerprint density at radius 1 is 0.960 bits per heavy atom. The molecule has 0 spiro atoms. The van der Waals surface area contributed by atoms with Crippen LogP contribution in [0.15, 0.2) is 48.5 Å². The molecule has 3 heterocycles. The Hall–Kier alpha value is -2.99. The fourth-order valence-electron chi connectivity index (χ4n) is 6.36. The first kappa shape index (κ1) is 36.8. The van der Waals surface area contributed by atoms with Crippen LogP contribution in [-0.2, 0) is 36.7 Å². The number of aryl methyl sites for hydroxylation is 2. The molecule has 1 N–H and O–H groups in total. The van der Waals surface area contributed by atoms with Crippen molar-refractivity contribution in [1.29, 1.82) is 0 Å². The van der Waals surface area contributed by atoms with Crippen LogP contribution in [0.1, 0.15) is 121 Å². The van der Waals surface area contributed by atoms with E-state index in [2.05, 4.69) is 82.7 Å². The van der Waals surface area contributed by atoms with Gasteiger partial charge in [0.1, 0.15) is 6.33 Å². The standard InChI is InChI=1S/C30H32N3S.C13H24O2.Ir/c1-17-11-22-24(14-21(17)15-29(3,4)5)34-28-26(31-16-32-27(22)28)20-12-19-10-9-18(2)33-25(19)23(13-20)30(6,7)8;1-5-10(6-2)12(14)9-13(15)11(7-3)8-4;/h9-11,13-14,16H,15H2,1-8H3;9-11,14H,5-8H2,1-4H3;/q-1;;/b;12-9-;/i2D3;;. The van der Waals surface area contributed by atoms with E-state index in [0.717, 1.165) is 69.9 Å². The van der Waals surface area contributed by atoms with Crippen LogP contribution < -0.4 is 0 Å². The monoisotopic (exact) mass is 874 g/mol. The summed E-state index contributed by atoms with van der Waals surface area (Å²) in [7, 11) is 0. The van der Waals surface area contributed by atoms with Gasteiger partial charge in [-0.3, -0.25) is 14.8 Å². The predicted octanol–water partition coefficient (Wildman–Crippen LogP) is 12.2. The molecular weight excluding hydrogens is 815 g/mol. The predicted molar refractivity (Wildman–Crippen MR) is 210 cm³/mol. The number of allylic oxidation sites excluding steroid dienone is 2. The van der Waals surface area contributed by atoms with Crippen molar-refractivity contribution in [1.82, 2.24) is 15.0 Å². The van der Waals surface area contributed by atoms with Crippen LogP contribution in [0.5, 0.6) is 0 Å². The fourth-order valence-corrected chi connectivity index (χ4v) is 7.57. The maximum atomic E-state index is 11.7. The van der Waals surface area contributed by atoms with Crippen LogP contribution >= 0.6 is 11.3 Å². The van der Waals surface area contributed by atoms with Crippen molar-refractivity contribution in [2.45, 2.75) is 121 Å². The fraction of sp³-hybridized carbons (Fsp3) is 0.488. The second kappa shape index (κ2) is 17.0. The third-order valence-corrected chi connectivity index (χ3v) is 10.4. The number of rotatable bonds is 9. The number of hydrogen-bond donors (Lipinski definition) is 1. The van der Waals surface area contributed by atoms with E-state index < -0.39 is 6.85 Å². The molecule has 0 saturated carbocycles. The van der Waals surface area contributed by atoms with Crippen LogP contribution in [0, 0.1) is 37.1 Å². The molecule has 0 fully saturated rings. The molecule has 50 heavy (non-hydrogen) atoms. The largest absolute Gasteiger partial charge is 0.512 e. The SMILES string of the molecule is CCC(CC)C(=O)/C=C(\O)C(CC)CC.[2H]C([2H])([2H])c1ccc2[c-]c(-c3ncnc4c3sc3cc(CC(C)(C)C)c(C)cc34)cc(C(C)(C)C)c2n1.[Ir]. The number of benzene rings is 2. The Balaban J connectivity index is 0.000000403. The molecule has 5 rings (SSSR count). The third-order valence-electron chi connectivity index (χ3n) is 9.28. The Morgan fingerprint density at radius 3 is 2.20 bits per heavy atom. The van der Waals surface area contributed by atoms with Crippen molar-refractivity contribution in [2.75, 3.05) is 0 Å². The van der Waals surface area contributed by atoms with E-state index in [1.165, 1.54) is 21.9 Å². The van der Waals surface area contributed by atoms with Crippen molar-refractivity contribution in [2.24, 2.45) is 17.3 Å². The van der Waals surface area contributed by atoms with Gasteiger partial charge in [-0.2, -0.15) is 0 Å². The Labute approximate surface area is 322 Å². The molecule has 7 heteroatoms. The first-order valence-electron chi connectivity index (χ1n) is 19.2. The number of thiophene rings is 1. The number of carbonyl (C=O) groups excluding carboxylic acids is 1. The molecule has 0 amide bonds. The number of carbonyl (C=O) groups is 1. The second-order valence-electron chi connectivity index (χ2n) is 15.5. The molecule has 0 saturated heterocycles. The number of nitrogens with zero attached hydrogens (tertiary/aromatic N) is 3. The smallest absolute Gasteiger partial charge is 0.162 e. The number of pyridine rings is 1. The molecule has 0 aliphatic rings. The summed E-state index contributed by atoms with van der Waals surface area (Å²) in [5, 5.41) is 11.7. The first-order chi connectivity index (χ1) is 24.2. The van der Waals surface area contributed by atoms with Crippen molar-refractivity contribution in [3.05, 3.63) is 76.9 Å². The summed E-state index contributed by atoms with van der Waals surface area (Å²) in [6, 6.07) is 13.5. The minimum Gasteiger partial charge on any atom is -0.512 e. The van der Waals surface area contributed by atoms with Crippen molar-refractivity contribution < 1.29 is 34.1 Å². The van der Waals surface area contributed by atoms with Gasteiger partial charge in [0, 0.05) is 73.8 Å². The van der Waals surface area contributed by atoms with Crippen molar-refractivity contribution >= 4 is 48.3 Å². The van der Waals surface area contributed by atoms with Gasteiger partial charge < -0.3 is 5.11 Å². The minimum atomic E-state index is -2.26. The second-order valence-corrected chi connectivity index (χ2v) is 16.5. The molecule has 5 aromatic rings. The van der Waals surface area contributed by atoms with E-state index in [1.54, 1.807) is 23.7 Å². The summed E-state index contributed by atoms with van der Waals surface area (Å²) in [5.41, 5.74) is 7.01. The van der Waals surface area contributed by atoms with Gasteiger partial charge in [-0.25, -0.2) is 4.98 Å². The molecule has 0 unspecified atom stereocenters. The summed E-state index contributed by atoms with van der Waals surface area (Å²) >= 11 is 1.72. The molecule has 0 atom stereocenters. The summed E-state index contributed by atoms with van der Waals surface area (Å²) < 4.78 is 25.7. The molecule has 1 radical (unpaired) electrons. The molecule has 0 aliphatic heterocycles. The normalized spacial score (nSPS) is 13.6. The van der Waals surface area contributed by atoms with Crippen molar-refractivity contribution in [3.63, 3.8) is 0 Å². The average Bonchev–Trinajstić information content (AvgIpc) is 3.41. The van der Waals surface area contributed by atoms with Crippen LogP contribution in [0.2, 0.25) is 0 Å². The molecule has 3 aromatic heterocycles. The number of aliphatic hydroxyl groups excluding tert-OH is 1. The Bertz CT molecular complexity index is 2080. The van der Waals surface area contributed by atoms with E-state index in [0.29, 0.717) is 5.52 Å². The molecule has 271 valence electrons. The van der Waals surface area contributed by atoms with Crippen LogP contribution in [0.25, 0.3) is 42.5 Å². The topological polar surface area (TPSA) is 76.0 Å². The molecule has 2 aromatic carbocycles. The van der Waals surface area contributed by atoms with E-state index >= 15 is 0 Å². The zero-order valence-corrected chi connectivity index (χ0v) is 34.9. The maximum absolute atomic E-state index is 11.7.